The van der Waals surface area contributed by atoms with Crippen LogP contribution in [-0.4, -0.2) is 11.7 Å². The Morgan fingerprint density at radius 2 is 2.06 bits per heavy atom. The van der Waals surface area contributed by atoms with Gasteiger partial charge < -0.3 is 10.4 Å². The van der Waals surface area contributed by atoms with Crippen LogP contribution < -0.4 is 5.32 Å². The van der Waals surface area contributed by atoms with Crippen molar-refractivity contribution >= 4 is 0 Å². The quantitative estimate of drug-likeness (QED) is 0.714. The number of aromatic hydroxyl groups is 1. The monoisotopic (exact) mass is 239 g/mol. The van der Waals surface area contributed by atoms with E-state index in [1.165, 1.54) is 18.9 Å². The first kappa shape index (κ1) is 14.0. The molecule has 1 rings (SSSR count). The maximum Gasteiger partial charge on any atom is 0.165 e. The number of hydrogen-bond acceptors (Lipinski definition) is 2. The predicted octanol–water partition coefficient (Wildman–Crippen LogP) is 3.45. The minimum Gasteiger partial charge on any atom is -0.505 e. The second-order valence-electron chi connectivity index (χ2n) is 4.81. The Bertz CT molecular complexity index is 339. The van der Waals surface area contributed by atoms with Gasteiger partial charge in [-0.1, -0.05) is 38.8 Å². The van der Waals surface area contributed by atoms with Gasteiger partial charge in [-0.25, -0.2) is 4.39 Å². The Morgan fingerprint density at radius 1 is 1.29 bits per heavy atom. The SMILES string of the molecule is CC(C)CCCCNCc1cccc(F)c1O. The van der Waals surface area contributed by atoms with E-state index < -0.39 is 5.82 Å². The molecule has 0 fully saturated rings. The fraction of sp³-hybridized carbons (Fsp3) is 0.571. The molecule has 1 aromatic rings. The summed E-state index contributed by atoms with van der Waals surface area (Å²) >= 11 is 0. The van der Waals surface area contributed by atoms with Crippen LogP contribution >= 0.6 is 0 Å². The molecule has 0 atom stereocenters. The van der Waals surface area contributed by atoms with Crippen molar-refractivity contribution in [2.45, 2.75) is 39.7 Å². The molecule has 0 amide bonds. The van der Waals surface area contributed by atoms with Crippen molar-refractivity contribution in [3.63, 3.8) is 0 Å². The Morgan fingerprint density at radius 3 is 2.76 bits per heavy atom. The number of phenols is 1. The molecule has 0 aliphatic heterocycles. The summed E-state index contributed by atoms with van der Waals surface area (Å²) in [5, 5.41) is 12.7. The number of unbranched alkanes of at least 4 members (excludes halogenated alkanes) is 1. The molecule has 0 saturated carbocycles. The summed E-state index contributed by atoms with van der Waals surface area (Å²) in [7, 11) is 0. The highest BCUT2D eigenvalue weighted by molar-refractivity contribution is 5.33. The van der Waals surface area contributed by atoms with Gasteiger partial charge in [-0.3, -0.25) is 0 Å². The van der Waals surface area contributed by atoms with Crippen LogP contribution in [0.2, 0.25) is 0 Å². The summed E-state index contributed by atoms with van der Waals surface area (Å²) < 4.78 is 13.0. The summed E-state index contributed by atoms with van der Waals surface area (Å²) in [6.07, 6.45) is 3.57. The van der Waals surface area contributed by atoms with Crippen LogP contribution in [0.15, 0.2) is 18.2 Å². The van der Waals surface area contributed by atoms with E-state index in [4.69, 9.17) is 0 Å². The van der Waals surface area contributed by atoms with Gasteiger partial charge in [-0.2, -0.15) is 0 Å². The summed E-state index contributed by atoms with van der Waals surface area (Å²) in [5.74, 6) is -0.0337. The number of rotatable bonds is 7. The first-order chi connectivity index (χ1) is 8.11. The van der Waals surface area contributed by atoms with Gasteiger partial charge in [-0.15, -0.1) is 0 Å². The van der Waals surface area contributed by atoms with Gasteiger partial charge in [0.2, 0.25) is 0 Å². The van der Waals surface area contributed by atoms with E-state index in [0.717, 1.165) is 18.9 Å². The van der Waals surface area contributed by atoms with Crippen molar-refractivity contribution in [1.82, 2.24) is 5.32 Å². The molecule has 0 unspecified atom stereocenters. The molecule has 17 heavy (non-hydrogen) atoms. The number of para-hydroxylation sites is 1. The van der Waals surface area contributed by atoms with Crippen LogP contribution in [0.5, 0.6) is 5.75 Å². The van der Waals surface area contributed by atoms with E-state index in [2.05, 4.69) is 19.2 Å². The zero-order chi connectivity index (χ0) is 12.7. The van der Waals surface area contributed by atoms with Crippen LogP contribution in [0.25, 0.3) is 0 Å². The molecule has 0 aliphatic carbocycles. The van der Waals surface area contributed by atoms with Crippen LogP contribution in [-0.2, 0) is 6.54 Å². The molecule has 1 aromatic carbocycles. The Kier molecular flexibility index (Phi) is 5.98. The van der Waals surface area contributed by atoms with E-state index in [0.29, 0.717) is 12.1 Å². The third kappa shape index (κ3) is 5.18. The highest BCUT2D eigenvalue weighted by Crippen LogP contribution is 2.20. The van der Waals surface area contributed by atoms with Gasteiger partial charge in [0.05, 0.1) is 0 Å². The van der Waals surface area contributed by atoms with Crippen LogP contribution in [0.4, 0.5) is 4.39 Å². The molecule has 0 saturated heterocycles. The third-order valence-corrected chi connectivity index (χ3v) is 2.77. The lowest BCUT2D eigenvalue weighted by Crippen LogP contribution is -2.15. The molecular formula is C14H22FNO. The maximum absolute atomic E-state index is 13.0. The highest BCUT2D eigenvalue weighted by atomic mass is 19.1. The molecular weight excluding hydrogens is 217 g/mol. The van der Waals surface area contributed by atoms with Gasteiger partial charge in [0, 0.05) is 12.1 Å². The Hall–Kier alpha value is -1.09. The van der Waals surface area contributed by atoms with Crippen LogP contribution in [0.3, 0.4) is 0 Å². The summed E-state index contributed by atoms with van der Waals surface area (Å²) in [6, 6.07) is 4.62. The van der Waals surface area contributed by atoms with E-state index in [9.17, 15) is 9.50 Å². The molecule has 3 heteroatoms. The predicted molar refractivity (Wildman–Crippen MR) is 68.5 cm³/mol. The molecule has 2 nitrogen and oxygen atoms in total. The van der Waals surface area contributed by atoms with E-state index >= 15 is 0 Å². The van der Waals surface area contributed by atoms with Crippen LogP contribution in [0.1, 0.15) is 38.7 Å². The first-order valence-corrected chi connectivity index (χ1v) is 6.28. The standard InChI is InChI=1S/C14H22FNO/c1-11(2)6-3-4-9-16-10-12-7-5-8-13(15)14(12)17/h5,7-8,11,16-17H,3-4,6,9-10H2,1-2H3. The van der Waals surface area contributed by atoms with Gasteiger partial charge in [-0.05, 0) is 24.9 Å². The molecule has 0 spiro atoms. The number of halogens is 1. The van der Waals surface area contributed by atoms with E-state index in [-0.39, 0.29) is 5.75 Å². The molecule has 2 N–H and O–H groups in total. The minimum absolute atomic E-state index is 0.234. The smallest absolute Gasteiger partial charge is 0.165 e. The number of hydrogen-bond donors (Lipinski definition) is 2. The molecule has 0 aromatic heterocycles. The van der Waals surface area contributed by atoms with Crippen molar-refractivity contribution in [3.8, 4) is 5.75 Å². The van der Waals surface area contributed by atoms with Crippen molar-refractivity contribution in [2.24, 2.45) is 5.92 Å². The molecule has 0 heterocycles. The zero-order valence-electron chi connectivity index (χ0n) is 10.7. The number of phenolic OH excluding ortho intramolecular Hbond substituents is 1. The van der Waals surface area contributed by atoms with Crippen molar-refractivity contribution in [1.29, 1.82) is 0 Å². The van der Waals surface area contributed by atoms with E-state index in [1.807, 2.05) is 0 Å². The van der Waals surface area contributed by atoms with Gasteiger partial charge in [0.1, 0.15) is 0 Å². The van der Waals surface area contributed by atoms with Gasteiger partial charge >= 0.3 is 0 Å². The third-order valence-electron chi connectivity index (χ3n) is 2.77. The molecule has 0 radical (unpaired) electrons. The lowest BCUT2D eigenvalue weighted by Gasteiger charge is -2.08. The van der Waals surface area contributed by atoms with Crippen molar-refractivity contribution in [2.75, 3.05) is 6.54 Å². The first-order valence-electron chi connectivity index (χ1n) is 6.28. The van der Waals surface area contributed by atoms with Crippen molar-refractivity contribution < 1.29 is 9.50 Å². The van der Waals surface area contributed by atoms with Gasteiger partial charge in [0.15, 0.2) is 11.6 Å². The molecule has 96 valence electrons. The van der Waals surface area contributed by atoms with Gasteiger partial charge in [0.25, 0.3) is 0 Å². The summed E-state index contributed by atoms with van der Waals surface area (Å²) in [6.45, 7) is 5.87. The minimum atomic E-state index is -0.552. The Balaban J connectivity index is 2.20. The lowest BCUT2D eigenvalue weighted by molar-refractivity contribution is 0.422. The topological polar surface area (TPSA) is 32.3 Å². The maximum atomic E-state index is 13.0. The largest absolute Gasteiger partial charge is 0.505 e. The second kappa shape index (κ2) is 7.28. The summed E-state index contributed by atoms with van der Waals surface area (Å²) in [5.41, 5.74) is 0.619. The fourth-order valence-corrected chi connectivity index (χ4v) is 1.73. The fourth-order valence-electron chi connectivity index (χ4n) is 1.73. The number of nitrogens with one attached hydrogen (secondary N) is 1. The average Bonchev–Trinajstić information content (AvgIpc) is 2.28. The number of benzene rings is 1. The highest BCUT2D eigenvalue weighted by Gasteiger charge is 2.05. The van der Waals surface area contributed by atoms with E-state index in [1.54, 1.807) is 12.1 Å². The Labute approximate surface area is 103 Å². The molecule has 0 aliphatic rings. The van der Waals surface area contributed by atoms with Crippen LogP contribution in [0, 0.1) is 11.7 Å². The average molecular weight is 239 g/mol. The van der Waals surface area contributed by atoms with Crippen molar-refractivity contribution in [3.05, 3.63) is 29.6 Å². The lowest BCUT2D eigenvalue weighted by atomic mass is 10.1. The normalized spacial score (nSPS) is 11.1. The zero-order valence-corrected chi connectivity index (χ0v) is 10.7. The summed E-state index contributed by atoms with van der Waals surface area (Å²) in [4.78, 5) is 0. The second-order valence-corrected chi connectivity index (χ2v) is 4.81. The molecule has 0 bridgehead atoms.